The average Bonchev–Trinajstić information content (AvgIpc) is 3.15. The van der Waals surface area contributed by atoms with Crippen molar-refractivity contribution in [1.82, 2.24) is 24.6 Å². The van der Waals surface area contributed by atoms with Gasteiger partial charge >= 0.3 is 0 Å². The number of ketones is 1. The number of ether oxygens (including phenoxy) is 1. The topological polar surface area (TPSA) is 88.8 Å². The standard InChI is InChI=1S/C21H25N7O2/c1-14-13-22-15(2)21-24-19(25-28(14)21)12-18(29)17-10-16(26-6-8-30-9-7-26)11-20(23-17)27-4-3-5-27/h10-11,13H,3-9,12H2,1-2H3. The number of aryl methyl sites for hydroxylation is 2. The van der Waals surface area contributed by atoms with Gasteiger partial charge in [0.05, 0.1) is 31.0 Å². The summed E-state index contributed by atoms with van der Waals surface area (Å²) in [6.45, 7) is 8.80. The van der Waals surface area contributed by atoms with Gasteiger partial charge in [-0.25, -0.2) is 14.5 Å². The van der Waals surface area contributed by atoms with Crippen LogP contribution in [0.1, 0.15) is 34.1 Å². The molecule has 0 atom stereocenters. The number of fused-ring (bicyclic) bond motifs is 1. The van der Waals surface area contributed by atoms with Crippen LogP contribution in [0.2, 0.25) is 0 Å². The molecule has 9 nitrogen and oxygen atoms in total. The zero-order valence-corrected chi connectivity index (χ0v) is 17.3. The van der Waals surface area contributed by atoms with Crippen LogP contribution in [-0.4, -0.2) is 69.7 Å². The van der Waals surface area contributed by atoms with E-state index in [1.54, 1.807) is 10.7 Å². The second-order valence-electron chi connectivity index (χ2n) is 7.86. The molecule has 9 heteroatoms. The predicted molar refractivity (Wildman–Crippen MR) is 112 cm³/mol. The lowest BCUT2D eigenvalue weighted by Crippen LogP contribution is -2.39. The number of morpholine rings is 1. The maximum absolute atomic E-state index is 13.1. The average molecular weight is 407 g/mol. The molecule has 2 aliphatic rings. The summed E-state index contributed by atoms with van der Waals surface area (Å²) in [6.07, 6.45) is 3.03. The van der Waals surface area contributed by atoms with Crippen LogP contribution in [-0.2, 0) is 11.2 Å². The number of Topliss-reactive ketones (excluding diaryl/α,β-unsaturated/α-hetero) is 1. The molecule has 0 spiro atoms. The van der Waals surface area contributed by atoms with Gasteiger partial charge in [-0.15, -0.1) is 0 Å². The molecule has 0 bridgehead atoms. The molecular weight excluding hydrogens is 382 g/mol. The van der Waals surface area contributed by atoms with E-state index < -0.39 is 0 Å². The molecule has 5 heterocycles. The summed E-state index contributed by atoms with van der Waals surface area (Å²) in [6, 6.07) is 3.98. The van der Waals surface area contributed by atoms with E-state index in [1.165, 1.54) is 0 Å². The van der Waals surface area contributed by atoms with Crippen molar-refractivity contribution in [1.29, 1.82) is 0 Å². The predicted octanol–water partition coefficient (Wildman–Crippen LogP) is 1.61. The molecule has 156 valence electrons. The monoisotopic (exact) mass is 407 g/mol. The first-order valence-corrected chi connectivity index (χ1v) is 10.4. The lowest BCUT2D eigenvalue weighted by atomic mass is 10.1. The molecule has 3 aromatic heterocycles. The van der Waals surface area contributed by atoms with Crippen molar-refractivity contribution >= 4 is 22.9 Å². The molecule has 2 aliphatic heterocycles. The Morgan fingerprint density at radius 3 is 2.57 bits per heavy atom. The van der Waals surface area contributed by atoms with E-state index in [-0.39, 0.29) is 12.2 Å². The van der Waals surface area contributed by atoms with E-state index in [9.17, 15) is 4.79 Å². The van der Waals surface area contributed by atoms with Gasteiger partial charge in [0.25, 0.3) is 0 Å². The number of aromatic nitrogens is 5. The molecule has 0 aliphatic carbocycles. The van der Waals surface area contributed by atoms with E-state index in [2.05, 4.69) is 35.9 Å². The summed E-state index contributed by atoms with van der Waals surface area (Å²) >= 11 is 0. The number of carbonyl (C=O) groups excluding carboxylic acids is 1. The summed E-state index contributed by atoms with van der Waals surface area (Å²) in [5, 5.41) is 4.52. The van der Waals surface area contributed by atoms with Gasteiger partial charge in [0.2, 0.25) is 0 Å². The number of hydrogen-bond acceptors (Lipinski definition) is 8. The maximum Gasteiger partial charge on any atom is 0.188 e. The summed E-state index contributed by atoms with van der Waals surface area (Å²) in [5.41, 5.74) is 3.85. The number of hydrogen-bond donors (Lipinski definition) is 0. The molecular formula is C21H25N7O2. The fourth-order valence-corrected chi connectivity index (χ4v) is 3.80. The van der Waals surface area contributed by atoms with E-state index in [0.717, 1.165) is 55.5 Å². The Morgan fingerprint density at radius 1 is 1.07 bits per heavy atom. The van der Waals surface area contributed by atoms with Crippen LogP contribution in [0.15, 0.2) is 18.3 Å². The fraction of sp³-hybridized carbons (Fsp3) is 0.476. The van der Waals surface area contributed by atoms with E-state index in [1.807, 2.05) is 19.9 Å². The van der Waals surface area contributed by atoms with Crippen LogP contribution in [0.4, 0.5) is 11.5 Å². The molecule has 0 saturated carbocycles. The zero-order chi connectivity index (χ0) is 20.7. The lowest BCUT2D eigenvalue weighted by molar-refractivity contribution is 0.0986. The molecule has 0 aromatic carbocycles. The van der Waals surface area contributed by atoms with E-state index >= 15 is 0 Å². The van der Waals surface area contributed by atoms with Crippen molar-refractivity contribution in [2.24, 2.45) is 0 Å². The van der Waals surface area contributed by atoms with Crippen LogP contribution < -0.4 is 9.80 Å². The molecule has 0 unspecified atom stereocenters. The summed E-state index contributed by atoms with van der Waals surface area (Å²) < 4.78 is 7.22. The van der Waals surface area contributed by atoms with Gasteiger partial charge in [0, 0.05) is 44.1 Å². The Hall–Kier alpha value is -3.07. The number of anilines is 2. The van der Waals surface area contributed by atoms with Gasteiger partial charge in [-0.2, -0.15) is 5.10 Å². The zero-order valence-electron chi connectivity index (χ0n) is 17.3. The van der Waals surface area contributed by atoms with Gasteiger partial charge in [0.1, 0.15) is 11.5 Å². The van der Waals surface area contributed by atoms with Crippen molar-refractivity contribution < 1.29 is 9.53 Å². The molecule has 30 heavy (non-hydrogen) atoms. The van der Waals surface area contributed by atoms with Crippen molar-refractivity contribution in [3.05, 3.63) is 41.2 Å². The third kappa shape index (κ3) is 3.49. The van der Waals surface area contributed by atoms with Crippen molar-refractivity contribution in [3.63, 3.8) is 0 Å². The van der Waals surface area contributed by atoms with Gasteiger partial charge in [-0.3, -0.25) is 9.78 Å². The van der Waals surface area contributed by atoms with Crippen LogP contribution in [0.5, 0.6) is 0 Å². The maximum atomic E-state index is 13.1. The minimum absolute atomic E-state index is 0.0777. The Morgan fingerprint density at radius 2 is 1.87 bits per heavy atom. The number of pyridine rings is 1. The Kier molecular flexibility index (Phi) is 4.82. The smallest absolute Gasteiger partial charge is 0.188 e. The normalized spacial score (nSPS) is 16.7. The molecule has 2 fully saturated rings. The van der Waals surface area contributed by atoms with Crippen LogP contribution >= 0.6 is 0 Å². The molecule has 0 amide bonds. The largest absolute Gasteiger partial charge is 0.378 e. The highest BCUT2D eigenvalue weighted by molar-refractivity contribution is 5.96. The van der Waals surface area contributed by atoms with Gasteiger partial charge in [0.15, 0.2) is 17.3 Å². The van der Waals surface area contributed by atoms with Crippen LogP contribution in [0.3, 0.4) is 0 Å². The summed E-state index contributed by atoms with van der Waals surface area (Å²) in [7, 11) is 0. The Labute approximate surface area is 174 Å². The lowest BCUT2D eigenvalue weighted by Gasteiger charge is -2.34. The number of nitrogens with zero attached hydrogens (tertiary/aromatic N) is 7. The van der Waals surface area contributed by atoms with Crippen LogP contribution in [0, 0.1) is 13.8 Å². The fourth-order valence-electron chi connectivity index (χ4n) is 3.80. The molecule has 2 saturated heterocycles. The first-order chi connectivity index (χ1) is 14.6. The SMILES string of the molecule is Cc1ncc(C)n2nc(CC(=O)c3cc(N4CCOCC4)cc(N4CCC4)n3)nc12. The van der Waals surface area contributed by atoms with Crippen molar-refractivity contribution in [2.75, 3.05) is 49.2 Å². The quantitative estimate of drug-likeness (QED) is 0.590. The third-order valence-electron chi connectivity index (χ3n) is 5.71. The minimum atomic E-state index is -0.0777. The highest BCUT2D eigenvalue weighted by Crippen LogP contribution is 2.26. The van der Waals surface area contributed by atoms with Crippen LogP contribution in [0.25, 0.3) is 5.65 Å². The molecule has 3 aromatic rings. The summed E-state index contributed by atoms with van der Waals surface area (Å²) in [5.74, 6) is 1.28. The second kappa shape index (κ2) is 7.64. The highest BCUT2D eigenvalue weighted by atomic mass is 16.5. The Bertz CT molecular complexity index is 1060. The minimum Gasteiger partial charge on any atom is -0.378 e. The number of rotatable bonds is 5. The summed E-state index contributed by atoms with van der Waals surface area (Å²) in [4.78, 5) is 31.2. The molecule has 0 N–H and O–H groups in total. The Balaban J connectivity index is 1.45. The van der Waals surface area contributed by atoms with Gasteiger partial charge in [-0.05, 0) is 26.3 Å². The molecule has 0 radical (unpaired) electrons. The van der Waals surface area contributed by atoms with Crippen molar-refractivity contribution in [2.45, 2.75) is 26.7 Å². The number of carbonyl (C=O) groups is 1. The van der Waals surface area contributed by atoms with E-state index in [0.29, 0.717) is 30.4 Å². The van der Waals surface area contributed by atoms with Gasteiger partial charge < -0.3 is 14.5 Å². The first kappa shape index (κ1) is 18.9. The third-order valence-corrected chi connectivity index (χ3v) is 5.71. The van der Waals surface area contributed by atoms with E-state index in [4.69, 9.17) is 4.74 Å². The highest BCUT2D eigenvalue weighted by Gasteiger charge is 2.22. The van der Waals surface area contributed by atoms with Crippen molar-refractivity contribution in [3.8, 4) is 0 Å². The first-order valence-electron chi connectivity index (χ1n) is 10.4. The second-order valence-corrected chi connectivity index (χ2v) is 7.86. The molecule has 5 rings (SSSR count). The van der Waals surface area contributed by atoms with Gasteiger partial charge in [-0.1, -0.05) is 0 Å².